The monoisotopic (exact) mass is 470 g/mol. The number of hydrogen-bond acceptors (Lipinski definition) is 5. The molecular weight excluding hydrogens is 451 g/mol. The van der Waals surface area contributed by atoms with Gasteiger partial charge in [0.2, 0.25) is 10.0 Å². The second kappa shape index (κ2) is 9.78. The van der Waals surface area contributed by atoms with Gasteiger partial charge in [-0.05, 0) is 48.7 Å². The molecule has 0 spiro atoms. The van der Waals surface area contributed by atoms with Gasteiger partial charge >= 0.3 is 5.97 Å². The summed E-state index contributed by atoms with van der Waals surface area (Å²) in [5.41, 5.74) is 0.836. The number of carbonyl (C=O) groups excluding carboxylic acids is 2. The third-order valence-corrected chi connectivity index (χ3v) is 7.02. The first-order valence-corrected chi connectivity index (χ1v) is 11.4. The van der Waals surface area contributed by atoms with Crippen molar-refractivity contribution in [1.29, 1.82) is 0 Å². The van der Waals surface area contributed by atoms with Gasteiger partial charge in [0.25, 0.3) is 5.91 Å². The number of carbonyl (C=O) groups is 2. The van der Waals surface area contributed by atoms with Crippen molar-refractivity contribution in [3.63, 3.8) is 0 Å². The van der Waals surface area contributed by atoms with E-state index in [9.17, 15) is 18.0 Å². The van der Waals surface area contributed by atoms with Crippen LogP contribution in [0.5, 0.6) is 0 Å². The van der Waals surface area contributed by atoms with Crippen LogP contribution < -0.4 is 5.32 Å². The number of halogens is 2. The molecule has 0 radical (unpaired) electrons. The third-order valence-electron chi connectivity index (χ3n) is 4.53. The van der Waals surface area contributed by atoms with Crippen LogP contribution in [0.25, 0.3) is 0 Å². The third kappa shape index (κ3) is 5.72. The number of amides is 1. The predicted molar refractivity (Wildman–Crippen MR) is 114 cm³/mol. The van der Waals surface area contributed by atoms with Crippen LogP contribution in [0.2, 0.25) is 10.0 Å². The molecule has 30 heavy (non-hydrogen) atoms. The van der Waals surface area contributed by atoms with Crippen molar-refractivity contribution in [1.82, 2.24) is 4.31 Å². The van der Waals surface area contributed by atoms with Crippen LogP contribution in [0, 0.1) is 0 Å². The zero-order chi connectivity index (χ0) is 21.7. The van der Waals surface area contributed by atoms with Gasteiger partial charge < -0.3 is 10.1 Å². The van der Waals surface area contributed by atoms with Gasteiger partial charge in [-0.3, -0.25) is 9.59 Å². The molecule has 0 saturated carbocycles. The van der Waals surface area contributed by atoms with Crippen molar-refractivity contribution < 1.29 is 22.7 Å². The molecule has 1 aliphatic heterocycles. The van der Waals surface area contributed by atoms with Crippen molar-refractivity contribution in [2.75, 3.05) is 25.0 Å². The number of rotatable bonds is 7. The summed E-state index contributed by atoms with van der Waals surface area (Å²) in [6, 6.07) is 10.7. The van der Waals surface area contributed by atoms with E-state index in [1.165, 1.54) is 22.5 Å². The largest absolute Gasteiger partial charge is 0.455 e. The Bertz CT molecular complexity index is 1050. The maximum atomic E-state index is 12.6. The van der Waals surface area contributed by atoms with E-state index in [2.05, 4.69) is 5.32 Å². The highest BCUT2D eigenvalue weighted by Crippen LogP contribution is 2.23. The summed E-state index contributed by atoms with van der Waals surface area (Å²) >= 11 is 11.8. The summed E-state index contributed by atoms with van der Waals surface area (Å²) in [6.07, 6.45) is 1.57. The Labute approximate surface area is 185 Å². The predicted octanol–water partition coefficient (Wildman–Crippen LogP) is 3.50. The van der Waals surface area contributed by atoms with Crippen molar-refractivity contribution in [2.45, 2.75) is 24.2 Å². The fraction of sp³-hybridized carbons (Fsp3) is 0.300. The normalized spacial score (nSPS) is 14.5. The summed E-state index contributed by atoms with van der Waals surface area (Å²) in [5.74, 6) is -1.21. The molecule has 1 fully saturated rings. The van der Waals surface area contributed by atoms with Crippen LogP contribution in [0.1, 0.15) is 18.4 Å². The highest BCUT2D eigenvalue weighted by Gasteiger charge is 2.27. The quantitative estimate of drug-likeness (QED) is 0.624. The first-order chi connectivity index (χ1) is 14.3. The molecule has 1 N–H and O–H groups in total. The molecule has 0 aliphatic carbocycles. The minimum absolute atomic E-state index is 0.104. The Balaban J connectivity index is 1.55. The molecule has 1 heterocycles. The molecule has 3 rings (SSSR count). The average molecular weight is 471 g/mol. The first-order valence-electron chi connectivity index (χ1n) is 9.25. The molecule has 2 aromatic carbocycles. The summed E-state index contributed by atoms with van der Waals surface area (Å²) < 4.78 is 31.7. The number of sulfonamides is 1. The molecular formula is C20H20Cl2N2O5S. The molecule has 0 bridgehead atoms. The molecule has 1 aliphatic rings. The van der Waals surface area contributed by atoms with Gasteiger partial charge in [-0.2, -0.15) is 4.31 Å². The van der Waals surface area contributed by atoms with Crippen LogP contribution in [-0.2, 0) is 30.8 Å². The SMILES string of the molecule is O=C(COC(=O)Cc1ccc(Cl)cc1Cl)Nc1cccc(S(=O)(=O)N2CCCC2)c1. The number of ether oxygens (including phenoxy) is 1. The van der Waals surface area contributed by atoms with Gasteiger partial charge in [0.1, 0.15) is 0 Å². The Morgan fingerprint density at radius 3 is 2.50 bits per heavy atom. The Kier molecular flexibility index (Phi) is 7.36. The lowest BCUT2D eigenvalue weighted by molar-refractivity contribution is -0.146. The number of nitrogens with one attached hydrogen (secondary N) is 1. The molecule has 1 amide bonds. The molecule has 0 unspecified atom stereocenters. The minimum atomic E-state index is -3.59. The zero-order valence-corrected chi connectivity index (χ0v) is 18.3. The second-order valence-electron chi connectivity index (χ2n) is 6.76. The maximum Gasteiger partial charge on any atom is 0.310 e. The highest BCUT2D eigenvalue weighted by atomic mass is 35.5. The van der Waals surface area contributed by atoms with Crippen molar-refractivity contribution >= 4 is 50.8 Å². The van der Waals surface area contributed by atoms with Crippen LogP contribution in [0.4, 0.5) is 5.69 Å². The van der Waals surface area contributed by atoms with E-state index in [0.29, 0.717) is 34.4 Å². The summed E-state index contributed by atoms with van der Waals surface area (Å²) in [6.45, 7) is 0.478. The van der Waals surface area contributed by atoms with E-state index in [-0.39, 0.29) is 11.3 Å². The van der Waals surface area contributed by atoms with Gasteiger partial charge in [0, 0.05) is 28.8 Å². The number of esters is 1. The van der Waals surface area contributed by atoms with E-state index in [4.69, 9.17) is 27.9 Å². The van der Waals surface area contributed by atoms with Crippen LogP contribution in [0.15, 0.2) is 47.4 Å². The van der Waals surface area contributed by atoms with E-state index < -0.39 is 28.5 Å². The first kappa shape index (κ1) is 22.6. The molecule has 0 atom stereocenters. The molecule has 1 saturated heterocycles. The van der Waals surface area contributed by atoms with Crippen molar-refractivity contribution in [2.24, 2.45) is 0 Å². The second-order valence-corrected chi connectivity index (χ2v) is 9.54. The molecule has 0 aromatic heterocycles. The zero-order valence-electron chi connectivity index (χ0n) is 15.9. The van der Waals surface area contributed by atoms with Crippen LogP contribution in [-0.4, -0.2) is 44.3 Å². The number of hydrogen-bond donors (Lipinski definition) is 1. The number of nitrogens with zero attached hydrogens (tertiary/aromatic N) is 1. The Morgan fingerprint density at radius 1 is 1.07 bits per heavy atom. The molecule has 160 valence electrons. The average Bonchev–Trinajstić information content (AvgIpc) is 3.25. The van der Waals surface area contributed by atoms with Crippen LogP contribution in [0.3, 0.4) is 0 Å². The standard InChI is InChI=1S/C20H20Cl2N2O5S/c21-15-7-6-14(18(22)11-15)10-20(26)29-13-19(25)23-16-4-3-5-17(12-16)30(27,28)24-8-1-2-9-24/h3-7,11-12H,1-2,8-10,13H2,(H,23,25). The summed E-state index contributed by atoms with van der Waals surface area (Å²) in [5, 5.41) is 3.32. The molecule has 7 nitrogen and oxygen atoms in total. The summed E-state index contributed by atoms with van der Waals surface area (Å²) in [7, 11) is -3.59. The van der Waals surface area contributed by atoms with Crippen molar-refractivity contribution in [3.8, 4) is 0 Å². The molecule has 2 aromatic rings. The Morgan fingerprint density at radius 2 is 1.80 bits per heavy atom. The van der Waals surface area contributed by atoms with Gasteiger partial charge in [0.15, 0.2) is 6.61 Å². The van der Waals surface area contributed by atoms with Gasteiger partial charge in [-0.1, -0.05) is 35.3 Å². The van der Waals surface area contributed by atoms with E-state index in [1.54, 1.807) is 24.3 Å². The van der Waals surface area contributed by atoms with Gasteiger partial charge in [-0.25, -0.2) is 8.42 Å². The lowest BCUT2D eigenvalue weighted by Crippen LogP contribution is -2.28. The fourth-order valence-corrected chi connectivity index (χ4v) is 5.07. The topological polar surface area (TPSA) is 92.8 Å². The summed E-state index contributed by atoms with van der Waals surface area (Å²) in [4.78, 5) is 24.2. The lowest BCUT2D eigenvalue weighted by atomic mass is 10.1. The minimum Gasteiger partial charge on any atom is -0.455 e. The van der Waals surface area contributed by atoms with Gasteiger partial charge in [-0.15, -0.1) is 0 Å². The molecule has 10 heteroatoms. The van der Waals surface area contributed by atoms with Crippen molar-refractivity contribution in [3.05, 3.63) is 58.1 Å². The fourth-order valence-electron chi connectivity index (χ4n) is 3.03. The number of anilines is 1. The highest BCUT2D eigenvalue weighted by molar-refractivity contribution is 7.89. The Hall–Kier alpha value is -2.13. The number of benzene rings is 2. The van der Waals surface area contributed by atoms with Crippen LogP contribution >= 0.6 is 23.2 Å². The van der Waals surface area contributed by atoms with Gasteiger partial charge in [0.05, 0.1) is 11.3 Å². The van der Waals surface area contributed by atoms with E-state index in [0.717, 1.165) is 12.8 Å². The van der Waals surface area contributed by atoms with E-state index >= 15 is 0 Å². The smallest absolute Gasteiger partial charge is 0.310 e. The van der Waals surface area contributed by atoms with E-state index in [1.807, 2.05) is 0 Å². The lowest BCUT2D eigenvalue weighted by Gasteiger charge is -2.16. The maximum absolute atomic E-state index is 12.6.